The Morgan fingerprint density at radius 2 is 2.00 bits per heavy atom. The van der Waals surface area contributed by atoms with E-state index < -0.39 is 16.0 Å². The number of nitrogens with zero attached hydrogens (tertiary/aromatic N) is 1. The Morgan fingerprint density at radius 3 is 2.57 bits per heavy atom. The summed E-state index contributed by atoms with van der Waals surface area (Å²) < 4.78 is 27.2. The van der Waals surface area contributed by atoms with Gasteiger partial charge >= 0.3 is 5.97 Å². The summed E-state index contributed by atoms with van der Waals surface area (Å²) >= 11 is 3.08. The summed E-state index contributed by atoms with van der Waals surface area (Å²) in [6.45, 7) is 1.75. The van der Waals surface area contributed by atoms with Crippen molar-refractivity contribution in [1.82, 2.24) is 4.98 Å². The lowest BCUT2D eigenvalue weighted by Crippen LogP contribution is -2.14. The first-order valence-corrected chi connectivity index (χ1v) is 8.05. The van der Waals surface area contributed by atoms with Crippen LogP contribution in [0.1, 0.15) is 16.1 Å². The summed E-state index contributed by atoms with van der Waals surface area (Å²) in [5.41, 5.74) is 1.06. The minimum atomic E-state index is -3.82. The number of carbonyl (C=O) groups is 1. The number of aromatic carboxylic acids is 1. The van der Waals surface area contributed by atoms with Crippen LogP contribution in [-0.4, -0.2) is 24.5 Å². The van der Waals surface area contributed by atoms with E-state index >= 15 is 0 Å². The molecule has 0 spiro atoms. The number of benzene rings is 1. The molecular weight excluding hydrogens is 360 g/mol. The highest BCUT2D eigenvalue weighted by Gasteiger charge is 2.19. The number of pyridine rings is 1. The summed E-state index contributed by atoms with van der Waals surface area (Å²) in [5.74, 6) is -1.13. The van der Waals surface area contributed by atoms with Crippen LogP contribution in [0, 0.1) is 6.92 Å². The van der Waals surface area contributed by atoms with Crippen LogP contribution >= 0.6 is 15.9 Å². The fourth-order valence-corrected chi connectivity index (χ4v) is 3.80. The number of carboxylic acids is 1. The number of hydrogen-bond acceptors (Lipinski definition) is 4. The number of hydrogen-bond donors (Lipinski definition) is 2. The highest BCUT2D eigenvalue weighted by molar-refractivity contribution is 9.10. The van der Waals surface area contributed by atoms with Gasteiger partial charge in [-0.15, -0.1) is 0 Å². The van der Waals surface area contributed by atoms with E-state index in [1.807, 2.05) is 0 Å². The second-order valence-electron chi connectivity index (χ2n) is 4.24. The van der Waals surface area contributed by atoms with E-state index in [0.717, 1.165) is 0 Å². The molecule has 0 aliphatic carbocycles. The molecule has 1 heterocycles. The van der Waals surface area contributed by atoms with Crippen LogP contribution in [0.3, 0.4) is 0 Å². The van der Waals surface area contributed by atoms with Gasteiger partial charge in [0.1, 0.15) is 4.90 Å². The van der Waals surface area contributed by atoms with Crippen LogP contribution in [0.15, 0.2) is 45.9 Å². The summed E-state index contributed by atoms with van der Waals surface area (Å²) in [7, 11) is -3.82. The molecule has 0 saturated carbocycles. The van der Waals surface area contributed by atoms with Gasteiger partial charge in [0.2, 0.25) is 0 Å². The SMILES string of the molecule is Cc1cc(NS(=O)(=O)c2ccc(C(=O)O)cc2Br)ccn1. The van der Waals surface area contributed by atoms with Crippen LogP contribution in [0.4, 0.5) is 5.69 Å². The highest BCUT2D eigenvalue weighted by Crippen LogP contribution is 2.25. The van der Waals surface area contributed by atoms with Gasteiger partial charge in [0.05, 0.1) is 11.3 Å². The van der Waals surface area contributed by atoms with Gasteiger partial charge in [-0.2, -0.15) is 0 Å². The number of anilines is 1. The maximum atomic E-state index is 12.3. The van der Waals surface area contributed by atoms with Gasteiger partial charge in [0.15, 0.2) is 0 Å². The third-order valence-electron chi connectivity index (χ3n) is 2.62. The zero-order valence-corrected chi connectivity index (χ0v) is 13.3. The molecule has 2 N–H and O–H groups in total. The number of halogens is 1. The average molecular weight is 371 g/mol. The lowest BCUT2D eigenvalue weighted by atomic mass is 10.2. The van der Waals surface area contributed by atoms with Gasteiger partial charge < -0.3 is 5.11 Å². The molecule has 21 heavy (non-hydrogen) atoms. The molecule has 0 radical (unpaired) electrons. The Morgan fingerprint density at radius 1 is 1.29 bits per heavy atom. The van der Waals surface area contributed by atoms with E-state index in [0.29, 0.717) is 11.4 Å². The monoisotopic (exact) mass is 370 g/mol. The first kappa shape index (κ1) is 15.5. The number of nitrogens with one attached hydrogen (secondary N) is 1. The van der Waals surface area contributed by atoms with E-state index in [1.54, 1.807) is 13.0 Å². The van der Waals surface area contributed by atoms with Crippen molar-refractivity contribution in [3.05, 3.63) is 52.3 Å². The maximum Gasteiger partial charge on any atom is 0.335 e. The lowest BCUT2D eigenvalue weighted by molar-refractivity contribution is 0.0696. The molecule has 0 bridgehead atoms. The van der Waals surface area contributed by atoms with Gasteiger partial charge in [-0.1, -0.05) is 0 Å². The minimum Gasteiger partial charge on any atom is -0.478 e. The van der Waals surface area contributed by atoms with Crippen LogP contribution in [-0.2, 0) is 10.0 Å². The fraction of sp³-hybridized carbons (Fsp3) is 0.0769. The molecule has 0 unspecified atom stereocenters. The van der Waals surface area contributed by atoms with E-state index in [2.05, 4.69) is 25.6 Å². The molecule has 1 aromatic carbocycles. The van der Waals surface area contributed by atoms with Crippen molar-refractivity contribution in [3.8, 4) is 0 Å². The molecule has 110 valence electrons. The fourth-order valence-electron chi connectivity index (χ4n) is 1.67. The van der Waals surface area contributed by atoms with E-state index in [4.69, 9.17) is 5.11 Å². The zero-order chi connectivity index (χ0) is 15.6. The first-order chi connectivity index (χ1) is 9.79. The normalized spacial score (nSPS) is 11.1. The van der Waals surface area contributed by atoms with Gasteiger partial charge in [0.25, 0.3) is 10.0 Å². The standard InChI is InChI=1S/C13H11BrN2O4S/c1-8-6-10(4-5-15-8)16-21(19,20)12-3-2-9(13(17)18)7-11(12)14/h2-7H,1H3,(H,15,16)(H,17,18). The number of sulfonamides is 1. The van der Waals surface area contributed by atoms with Crippen molar-refractivity contribution in [2.75, 3.05) is 4.72 Å². The van der Waals surface area contributed by atoms with Crippen molar-refractivity contribution < 1.29 is 18.3 Å². The largest absolute Gasteiger partial charge is 0.478 e. The molecule has 2 rings (SSSR count). The molecule has 0 aliphatic rings. The summed E-state index contributed by atoms with van der Waals surface area (Å²) in [5, 5.41) is 8.88. The predicted octanol–water partition coefficient (Wildman–Crippen LogP) is 2.65. The molecule has 0 fully saturated rings. The second kappa shape index (κ2) is 5.82. The van der Waals surface area contributed by atoms with Crippen molar-refractivity contribution in [3.63, 3.8) is 0 Å². The van der Waals surface area contributed by atoms with Crippen molar-refractivity contribution in [2.45, 2.75) is 11.8 Å². The molecule has 2 aromatic rings. The Balaban J connectivity index is 2.38. The molecule has 0 atom stereocenters. The van der Waals surface area contributed by atoms with Crippen LogP contribution < -0.4 is 4.72 Å². The molecule has 6 nitrogen and oxygen atoms in total. The quantitative estimate of drug-likeness (QED) is 0.862. The van der Waals surface area contributed by atoms with E-state index in [9.17, 15) is 13.2 Å². The van der Waals surface area contributed by atoms with Gasteiger partial charge in [-0.3, -0.25) is 9.71 Å². The second-order valence-corrected chi connectivity index (χ2v) is 6.75. The molecule has 0 amide bonds. The van der Waals surface area contributed by atoms with Gasteiger partial charge in [-0.05, 0) is 53.2 Å². The van der Waals surface area contributed by atoms with Crippen molar-refractivity contribution in [2.24, 2.45) is 0 Å². The maximum absolute atomic E-state index is 12.3. The molecule has 0 aliphatic heterocycles. The molecule has 1 aromatic heterocycles. The Labute approximate surface area is 130 Å². The summed E-state index contributed by atoms with van der Waals surface area (Å²) in [6.07, 6.45) is 1.50. The van der Waals surface area contributed by atoms with Crippen LogP contribution in [0.25, 0.3) is 0 Å². The minimum absolute atomic E-state index is 0.000538. The lowest BCUT2D eigenvalue weighted by Gasteiger charge is -2.10. The van der Waals surface area contributed by atoms with Gasteiger partial charge in [-0.25, -0.2) is 13.2 Å². The third-order valence-corrected chi connectivity index (χ3v) is 4.98. The number of carboxylic acid groups (broad SMARTS) is 1. The summed E-state index contributed by atoms with van der Waals surface area (Å²) in [4.78, 5) is 14.8. The molecular formula is C13H11BrN2O4S. The van der Waals surface area contributed by atoms with E-state index in [-0.39, 0.29) is 14.9 Å². The summed E-state index contributed by atoms with van der Waals surface area (Å²) in [6, 6.07) is 6.85. The Bertz CT molecular complexity index is 806. The average Bonchev–Trinajstić information content (AvgIpc) is 2.37. The molecule has 0 saturated heterocycles. The number of aromatic nitrogens is 1. The molecule has 8 heteroatoms. The Hall–Kier alpha value is -1.93. The van der Waals surface area contributed by atoms with Crippen molar-refractivity contribution in [1.29, 1.82) is 0 Å². The number of rotatable bonds is 4. The number of aryl methyl sites for hydroxylation is 1. The predicted molar refractivity (Wildman–Crippen MR) is 80.9 cm³/mol. The smallest absolute Gasteiger partial charge is 0.335 e. The van der Waals surface area contributed by atoms with E-state index in [1.165, 1.54) is 30.5 Å². The topological polar surface area (TPSA) is 96.4 Å². The highest BCUT2D eigenvalue weighted by atomic mass is 79.9. The Kier molecular flexibility index (Phi) is 4.29. The van der Waals surface area contributed by atoms with Crippen LogP contribution in [0.2, 0.25) is 0 Å². The van der Waals surface area contributed by atoms with Crippen LogP contribution in [0.5, 0.6) is 0 Å². The zero-order valence-electron chi connectivity index (χ0n) is 10.9. The third kappa shape index (κ3) is 3.59. The first-order valence-electron chi connectivity index (χ1n) is 5.78. The van der Waals surface area contributed by atoms with Crippen molar-refractivity contribution >= 4 is 37.6 Å². The van der Waals surface area contributed by atoms with Gasteiger partial charge in [0, 0.05) is 16.4 Å².